The van der Waals surface area contributed by atoms with Crippen molar-refractivity contribution in [3.63, 3.8) is 0 Å². The lowest BCUT2D eigenvalue weighted by Crippen LogP contribution is -2.18. The van der Waals surface area contributed by atoms with E-state index in [1.54, 1.807) is 11.3 Å². The molecule has 0 saturated carbocycles. The van der Waals surface area contributed by atoms with Gasteiger partial charge in [-0.3, -0.25) is 4.79 Å². The normalized spacial score (nSPS) is 11.0. The van der Waals surface area contributed by atoms with Crippen molar-refractivity contribution in [2.24, 2.45) is 0 Å². The van der Waals surface area contributed by atoms with E-state index in [1.807, 2.05) is 0 Å². The van der Waals surface area contributed by atoms with Crippen LogP contribution in [0, 0.1) is 0 Å². The zero-order chi connectivity index (χ0) is 12.7. The van der Waals surface area contributed by atoms with E-state index in [1.165, 1.54) is 4.88 Å². The van der Waals surface area contributed by atoms with E-state index >= 15 is 0 Å². The number of aliphatic carboxylic acids is 1. The van der Waals surface area contributed by atoms with Crippen LogP contribution in [-0.4, -0.2) is 29.6 Å². The van der Waals surface area contributed by atoms with Gasteiger partial charge in [-0.2, -0.15) is 0 Å². The van der Waals surface area contributed by atoms with Gasteiger partial charge in [0.1, 0.15) is 0 Å². The quantitative estimate of drug-likeness (QED) is 0.744. The molecule has 0 aliphatic carbocycles. The van der Waals surface area contributed by atoms with Gasteiger partial charge >= 0.3 is 5.97 Å². The monoisotopic (exact) mass is 319 g/mol. The molecule has 5 heteroatoms. The number of hydrogen-bond acceptors (Lipinski definition) is 3. The molecule has 1 N–H and O–H groups in total. The van der Waals surface area contributed by atoms with E-state index in [4.69, 9.17) is 5.11 Å². The highest BCUT2D eigenvalue weighted by Crippen LogP contribution is 2.20. The average Bonchev–Trinajstić information content (AvgIpc) is 2.63. The predicted molar refractivity (Wildman–Crippen MR) is 74.5 cm³/mol. The standard InChI is InChI=1S/C12H18BrNO2S/c1-14(6-4-2-3-5-12(15)16)8-11-7-10(13)9-17-11/h7,9H,2-6,8H2,1H3,(H,15,16). The molecule has 0 atom stereocenters. The van der Waals surface area contributed by atoms with Crippen LogP contribution in [0.15, 0.2) is 15.9 Å². The molecule has 1 aromatic heterocycles. The molecule has 0 unspecified atom stereocenters. The van der Waals surface area contributed by atoms with Gasteiger partial charge in [0.05, 0.1) is 0 Å². The van der Waals surface area contributed by atoms with Gasteiger partial charge < -0.3 is 10.0 Å². The minimum atomic E-state index is -0.693. The summed E-state index contributed by atoms with van der Waals surface area (Å²) in [6, 6.07) is 2.14. The third kappa shape index (κ3) is 6.81. The number of thiophene rings is 1. The van der Waals surface area contributed by atoms with Crippen molar-refractivity contribution in [1.82, 2.24) is 4.90 Å². The Labute approximate surface area is 115 Å². The lowest BCUT2D eigenvalue weighted by atomic mass is 10.2. The molecule has 1 aromatic rings. The van der Waals surface area contributed by atoms with Gasteiger partial charge in [-0.25, -0.2) is 0 Å². The molecule has 1 rings (SSSR count). The Hall–Kier alpha value is -0.390. The van der Waals surface area contributed by atoms with Crippen molar-refractivity contribution >= 4 is 33.2 Å². The summed E-state index contributed by atoms with van der Waals surface area (Å²) < 4.78 is 1.15. The fraction of sp³-hybridized carbons (Fsp3) is 0.583. The molecule has 96 valence electrons. The minimum absolute atomic E-state index is 0.293. The second-order valence-corrected chi connectivity index (χ2v) is 6.08. The first kappa shape index (κ1) is 14.7. The summed E-state index contributed by atoms with van der Waals surface area (Å²) in [6.45, 7) is 1.99. The maximum absolute atomic E-state index is 10.3. The molecule has 0 radical (unpaired) electrons. The first-order chi connectivity index (χ1) is 8.08. The maximum atomic E-state index is 10.3. The van der Waals surface area contributed by atoms with E-state index in [9.17, 15) is 4.79 Å². The number of carboxylic acids is 1. The molecular formula is C12H18BrNO2S. The SMILES string of the molecule is CN(CCCCCC(=O)O)Cc1cc(Br)cs1. The minimum Gasteiger partial charge on any atom is -0.481 e. The average molecular weight is 320 g/mol. The molecule has 0 fully saturated rings. The van der Waals surface area contributed by atoms with Crippen molar-refractivity contribution in [2.75, 3.05) is 13.6 Å². The topological polar surface area (TPSA) is 40.5 Å². The fourth-order valence-corrected chi connectivity index (χ4v) is 3.15. The second kappa shape index (κ2) is 7.84. The predicted octanol–water partition coefficient (Wildman–Crippen LogP) is 3.59. The first-order valence-electron chi connectivity index (χ1n) is 5.71. The highest BCUT2D eigenvalue weighted by molar-refractivity contribution is 9.10. The summed E-state index contributed by atoms with van der Waals surface area (Å²) in [7, 11) is 2.10. The van der Waals surface area contributed by atoms with Crippen molar-refractivity contribution in [1.29, 1.82) is 0 Å². The Morgan fingerprint density at radius 2 is 2.24 bits per heavy atom. The van der Waals surface area contributed by atoms with E-state index in [2.05, 4.69) is 39.3 Å². The first-order valence-corrected chi connectivity index (χ1v) is 7.38. The van der Waals surface area contributed by atoms with Gasteiger partial charge in [-0.15, -0.1) is 11.3 Å². The van der Waals surface area contributed by atoms with Crippen LogP contribution in [0.1, 0.15) is 30.6 Å². The molecule has 17 heavy (non-hydrogen) atoms. The van der Waals surface area contributed by atoms with Gasteiger partial charge in [0, 0.05) is 27.7 Å². The molecule has 0 saturated heterocycles. The number of rotatable bonds is 8. The Kier molecular flexibility index (Phi) is 6.77. The Morgan fingerprint density at radius 3 is 2.82 bits per heavy atom. The highest BCUT2D eigenvalue weighted by Gasteiger charge is 2.03. The van der Waals surface area contributed by atoms with Crippen molar-refractivity contribution in [2.45, 2.75) is 32.2 Å². The van der Waals surface area contributed by atoms with Gasteiger partial charge in [0.25, 0.3) is 0 Å². The van der Waals surface area contributed by atoms with Crippen LogP contribution >= 0.6 is 27.3 Å². The van der Waals surface area contributed by atoms with Gasteiger partial charge in [0.15, 0.2) is 0 Å². The largest absolute Gasteiger partial charge is 0.481 e. The van der Waals surface area contributed by atoms with Crippen molar-refractivity contribution < 1.29 is 9.90 Å². The molecule has 1 heterocycles. The molecule has 0 aliphatic rings. The van der Waals surface area contributed by atoms with Gasteiger partial charge in [0.2, 0.25) is 0 Å². The maximum Gasteiger partial charge on any atom is 0.303 e. The van der Waals surface area contributed by atoms with E-state index in [0.29, 0.717) is 6.42 Å². The van der Waals surface area contributed by atoms with Crippen molar-refractivity contribution in [3.8, 4) is 0 Å². The smallest absolute Gasteiger partial charge is 0.303 e. The zero-order valence-electron chi connectivity index (χ0n) is 9.99. The van der Waals surface area contributed by atoms with E-state index in [0.717, 1.165) is 36.8 Å². The summed E-state index contributed by atoms with van der Waals surface area (Å²) in [6.07, 6.45) is 3.14. The fourth-order valence-electron chi connectivity index (χ4n) is 1.62. The number of halogens is 1. The molecule has 0 aliphatic heterocycles. The van der Waals surface area contributed by atoms with Crippen LogP contribution < -0.4 is 0 Å². The summed E-state index contributed by atoms with van der Waals surface area (Å²) in [5.74, 6) is -0.693. The molecule has 0 amide bonds. The summed E-state index contributed by atoms with van der Waals surface area (Å²) in [5, 5.41) is 10.6. The Morgan fingerprint density at radius 1 is 1.47 bits per heavy atom. The number of carbonyl (C=O) groups is 1. The van der Waals surface area contributed by atoms with E-state index in [-0.39, 0.29) is 0 Å². The van der Waals surface area contributed by atoms with Gasteiger partial charge in [-0.1, -0.05) is 6.42 Å². The number of hydrogen-bond donors (Lipinski definition) is 1. The van der Waals surface area contributed by atoms with Crippen molar-refractivity contribution in [3.05, 3.63) is 20.8 Å². The van der Waals surface area contributed by atoms with Crippen LogP contribution in [0.25, 0.3) is 0 Å². The van der Waals surface area contributed by atoms with Crippen LogP contribution in [0.2, 0.25) is 0 Å². The number of nitrogens with zero attached hydrogens (tertiary/aromatic N) is 1. The Bertz CT molecular complexity index is 354. The zero-order valence-corrected chi connectivity index (χ0v) is 12.4. The molecule has 0 spiro atoms. The third-order valence-corrected chi connectivity index (χ3v) is 4.16. The molecular weight excluding hydrogens is 302 g/mol. The number of unbranched alkanes of at least 4 members (excludes halogenated alkanes) is 2. The summed E-state index contributed by atoms with van der Waals surface area (Å²) in [5.41, 5.74) is 0. The summed E-state index contributed by atoms with van der Waals surface area (Å²) in [4.78, 5) is 14.0. The van der Waals surface area contributed by atoms with E-state index < -0.39 is 5.97 Å². The van der Waals surface area contributed by atoms with Gasteiger partial charge in [-0.05, 0) is 48.4 Å². The van der Waals surface area contributed by atoms with Crippen LogP contribution in [0.5, 0.6) is 0 Å². The number of carboxylic acid groups (broad SMARTS) is 1. The van der Waals surface area contributed by atoms with Crippen LogP contribution in [0.4, 0.5) is 0 Å². The summed E-state index contributed by atoms with van der Waals surface area (Å²) >= 11 is 5.20. The highest BCUT2D eigenvalue weighted by atomic mass is 79.9. The lowest BCUT2D eigenvalue weighted by molar-refractivity contribution is -0.137. The van der Waals surface area contributed by atoms with Crippen LogP contribution in [-0.2, 0) is 11.3 Å². The third-order valence-electron chi connectivity index (χ3n) is 2.48. The molecule has 0 aromatic carbocycles. The Balaban J connectivity index is 2.09. The van der Waals surface area contributed by atoms with Crippen LogP contribution in [0.3, 0.4) is 0 Å². The molecule has 3 nitrogen and oxygen atoms in total. The lowest BCUT2D eigenvalue weighted by Gasteiger charge is -2.15. The molecule has 0 bridgehead atoms. The second-order valence-electron chi connectivity index (χ2n) is 4.17.